The molecule has 1 aromatic heterocycles. The summed E-state index contributed by atoms with van der Waals surface area (Å²) in [6.07, 6.45) is 4.85. The number of nitrogens with zero attached hydrogens (tertiary/aromatic N) is 3. The van der Waals surface area contributed by atoms with E-state index in [0.29, 0.717) is 24.1 Å². The van der Waals surface area contributed by atoms with Crippen molar-refractivity contribution in [2.75, 3.05) is 0 Å². The van der Waals surface area contributed by atoms with Crippen molar-refractivity contribution < 1.29 is 9.90 Å². The Balaban J connectivity index is 1.81. The normalized spacial score (nSPS) is 22.1. The highest BCUT2D eigenvalue weighted by Gasteiger charge is 2.34. The van der Waals surface area contributed by atoms with Gasteiger partial charge in [-0.15, -0.1) is 5.10 Å². The van der Waals surface area contributed by atoms with Gasteiger partial charge in [-0.05, 0) is 31.6 Å². The van der Waals surface area contributed by atoms with Crippen molar-refractivity contribution in [3.8, 4) is 0 Å². The second kappa shape index (κ2) is 3.66. The van der Waals surface area contributed by atoms with Gasteiger partial charge in [0.15, 0.2) is 6.29 Å². The molecular weight excluding hydrogens is 206 g/mol. The van der Waals surface area contributed by atoms with Crippen molar-refractivity contribution >= 4 is 6.29 Å². The number of carbonyl (C=O) groups excluding carboxylic acids is 1. The number of hydrogen-bond acceptors (Lipinski definition) is 4. The first-order valence-electron chi connectivity index (χ1n) is 5.86. The predicted octanol–water partition coefficient (Wildman–Crippen LogP) is 0.739. The summed E-state index contributed by atoms with van der Waals surface area (Å²) in [5, 5.41) is 17.7. The summed E-state index contributed by atoms with van der Waals surface area (Å²) in [5.74, 6) is 0.859. The van der Waals surface area contributed by atoms with Gasteiger partial charge in [0.1, 0.15) is 5.69 Å². The molecule has 5 heteroatoms. The zero-order valence-corrected chi connectivity index (χ0v) is 9.04. The number of hydrogen-bond donors (Lipinski definition) is 1. The molecule has 3 rings (SSSR count). The fraction of sp³-hybridized carbons (Fsp3) is 0.727. The molecule has 86 valence electrons. The maximum Gasteiger partial charge on any atom is 0.172 e. The maximum absolute atomic E-state index is 10.8. The third kappa shape index (κ3) is 1.75. The van der Waals surface area contributed by atoms with E-state index >= 15 is 0 Å². The molecule has 1 atom stereocenters. The molecule has 1 heterocycles. The molecule has 0 saturated heterocycles. The lowest BCUT2D eigenvalue weighted by molar-refractivity contribution is 0.111. The predicted molar refractivity (Wildman–Crippen MR) is 56.1 cm³/mol. The summed E-state index contributed by atoms with van der Waals surface area (Å²) in [6.45, 7) is 0.483. The zero-order chi connectivity index (χ0) is 11.1. The van der Waals surface area contributed by atoms with E-state index in [9.17, 15) is 9.90 Å². The summed E-state index contributed by atoms with van der Waals surface area (Å²) < 4.78 is 1.73. The van der Waals surface area contributed by atoms with E-state index in [1.165, 1.54) is 0 Å². The van der Waals surface area contributed by atoms with Crippen LogP contribution in [0.25, 0.3) is 0 Å². The van der Waals surface area contributed by atoms with Crippen LogP contribution in [0.1, 0.15) is 47.8 Å². The molecule has 1 N–H and O–H groups in total. The van der Waals surface area contributed by atoms with Gasteiger partial charge in [0, 0.05) is 5.92 Å². The fourth-order valence-electron chi connectivity index (χ4n) is 2.14. The second-order valence-electron chi connectivity index (χ2n) is 4.84. The average molecular weight is 221 g/mol. The van der Waals surface area contributed by atoms with Gasteiger partial charge in [0.05, 0.1) is 18.3 Å². The minimum Gasteiger partial charge on any atom is -0.391 e. The molecular formula is C11H15N3O2. The molecule has 2 aliphatic rings. The van der Waals surface area contributed by atoms with Crippen LogP contribution in [-0.4, -0.2) is 32.5 Å². The van der Waals surface area contributed by atoms with Crippen LogP contribution in [-0.2, 0) is 6.54 Å². The lowest BCUT2D eigenvalue weighted by Gasteiger charge is -2.11. The number of aldehydes is 1. The quantitative estimate of drug-likeness (QED) is 0.744. The molecule has 0 radical (unpaired) electrons. The number of aliphatic hydroxyl groups excluding tert-OH is 1. The Morgan fingerprint density at radius 1 is 1.44 bits per heavy atom. The Labute approximate surface area is 93.5 Å². The van der Waals surface area contributed by atoms with Gasteiger partial charge in [-0.1, -0.05) is 5.21 Å². The van der Waals surface area contributed by atoms with Crippen molar-refractivity contribution in [3.63, 3.8) is 0 Å². The van der Waals surface area contributed by atoms with Gasteiger partial charge >= 0.3 is 0 Å². The molecule has 2 saturated carbocycles. The molecule has 0 amide bonds. The van der Waals surface area contributed by atoms with Crippen LogP contribution in [0, 0.1) is 5.92 Å². The first-order valence-corrected chi connectivity index (χ1v) is 5.86. The van der Waals surface area contributed by atoms with Crippen LogP contribution >= 0.6 is 0 Å². The highest BCUT2D eigenvalue weighted by molar-refractivity contribution is 5.73. The Kier molecular flexibility index (Phi) is 2.28. The Morgan fingerprint density at radius 3 is 2.75 bits per heavy atom. The van der Waals surface area contributed by atoms with Crippen LogP contribution in [0.4, 0.5) is 0 Å². The van der Waals surface area contributed by atoms with Crippen LogP contribution in [0.5, 0.6) is 0 Å². The SMILES string of the molecule is O=Cc1nnn(CC(O)C2CC2)c1C1CC1. The third-order valence-electron chi connectivity index (χ3n) is 3.40. The molecule has 1 aromatic rings. The summed E-state index contributed by atoms with van der Waals surface area (Å²) >= 11 is 0. The highest BCUT2D eigenvalue weighted by atomic mass is 16.3. The summed E-state index contributed by atoms with van der Waals surface area (Å²) in [4.78, 5) is 10.8. The number of aliphatic hydroxyl groups is 1. The van der Waals surface area contributed by atoms with Gasteiger partial charge in [0.25, 0.3) is 0 Å². The molecule has 0 aromatic carbocycles. The Bertz CT molecular complexity index is 407. The van der Waals surface area contributed by atoms with E-state index in [0.717, 1.165) is 37.7 Å². The van der Waals surface area contributed by atoms with Crippen LogP contribution in [0.15, 0.2) is 0 Å². The zero-order valence-electron chi connectivity index (χ0n) is 9.04. The molecule has 0 bridgehead atoms. The lowest BCUT2D eigenvalue weighted by Crippen LogP contribution is -2.20. The van der Waals surface area contributed by atoms with Crippen molar-refractivity contribution in [2.24, 2.45) is 5.92 Å². The first kappa shape index (κ1) is 9.96. The average Bonchev–Trinajstić information content (AvgIpc) is 3.16. The van der Waals surface area contributed by atoms with Gasteiger partial charge in [0.2, 0.25) is 0 Å². The fourth-order valence-corrected chi connectivity index (χ4v) is 2.14. The number of aromatic nitrogens is 3. The van der Waals surface area contributed by atoms with E-state index in [1.807, 2.05) is 0 Å². The molecule has 0 spiro atoms. The molecule has 0 aliphatic heterocycles. The third-order valence-corrected chi connectivity index (χ3v) is 3.40. The molecule has 2 aliphatic carbocycles. The molecule has 1 unspecified atom stereocenters. The minimum atomic E-state index is -0.335. The van der Waals surface area contributed by atoms with Crippen LogP contribution < -0.4 is 0 Å². The highest BCUT2D eigenvalue weighted by Crippen LogP contribution is 2.41. The Hall–Kier alpha value is -1.23. The van der Waals surface area contributed by atoms with E-state index < -0.39 is 0 Å². The van der Waals surface area contributed by atoms with E-state index in [-0.39, 0.29) is 6.10 Å². The smallest absolute Gasteiger partial charge is 0.172 e. The van der Waals surface area contributed by atoms with Crippen molar-refractivity contribution in [3.05, 3.63) is 11.4 Å². The monoisotopic (exact) mass is 221 g/mol. The van der Waals surface area contributed by atoms with Crippen LogP contribution in [0.3, 0.4) is 0 Å². The van der Waals surface area contributed by atoms with E-state index in [4.69, 9.17) is 0 Å². The van der Waals surface area contributed by atoms with Gasteiger partial charge in [-0.2, -0.15) is 0 Å². The lowest BCUT2D eigenvalue weighted by atomic mass is 10.2. The van der Waals surface area contributed by atoms with Crippen LogP contribution in [0.2, 0.25) is 0 Å². The van der Waals surface area contributed by atoms with E-state index in [1.54, 1.807) is 4.68 Å². The summed E-state index contributed by atoms with van der Waals surface area (Å²) in [5.41, 5.74) is 1.38. The summed E-state index contributed by atoms with van der Waals surface area (Å²) in [6, 6.07) is 0. The number of rotatable bonds is 5. The summed E-state index contributed by atoms with van der Waals surface area (Å²) in [7, 11) is 0. The van der Waals surface area contributed by atoms with Gasteiger partial charge in [-0.3, -0.25) is 4.79 Å². The first-order chi connectivity index (χ1) is 7.79. The molecule has 5 nitrogen and oxygen atoms in total. The topological polar surface area (TPSA) is 68.0 Å². The minimum absolute atomic E-state index is 0.335. The van der Waals surface area contributed by atoms with Crippen molar-refractivity contribution in [1.29, 1.82) is 0 Å². The number of carbonyl (C=O) groups is 1. The largest absolute Gasteiger partial charge is 0.391 e. The van der Waals surface area contributed by atoms with Crippen molar-refractivity contribution in [2.45, 2.75) is 44.2 Å². The molecule has 16 heavy (non-hydrogen) atoms. The van der Waals surface area contributed by atoms with E-state index in [2.05, 4.69) is 10.3 Å². The van der Waals surface area contributed by atoms with Gasteiger partial charge in [-0.25, -0.2) is 4.68 Å². The van der Waals surface area contributed by atoms with Crippen molar-refractivity contribution in [1.82, 2.24) is 15.0 Å². The van der Waals surface area contributed by atoms with Gasteiger partial charge < -0.3 is 5.11 Å². The Morgan fingerprint density at radius 2 is 2.19 bits per heavy atom. The maximum atomic E-state index is 10.8. The second-order valence-corrected chi connectivity index (χ2v) is 4.84. The standard InChI is InChI=1S/C11H15N3O2/c15-6-9-11(8-3-4-8)14(13-12-9)5-10(16)7-1-2-7/h6-8,10,16H,1-5H2. The molecule has 2 fully saturated rings.